The molecule has 5 heteroatoms. The Balaban J connectivity index is 1.30. The van der Waals surface area contributed by atoms with Gasteiger partial charge in [-0.3, -0.25) is 9.69 Å². The maximum absolute atomic E-state index is 12.4. The fraction of sp³-hybridized carbons (Fsp3) is 0.632. The van der Waals surface area contributed by atoms with Gasteiger partial charge in [0.1, 0.15) is 0 Å². The number of rotatable bonds is 4. The van der Waals surface area contributed by atoms with Gasteiger partial charge in [-0.25, -0.2) is 0 Å². The molecule has 0 radical (unpaired) electrons. The van der Waals surface area contributed by atoms with Gasteiger partial charge in [0.2, 0.25) is 12.7 Å². The zero-order valence-electron chi connectivity index (χ0n) is 14.1. The lowest BCUT2D eigenvalue weighted by Crippen LogP contribution is -2.50. The van der Waals surface area contributed by atoms with E-state index in [1.807, 2.05) is 18.2 Å². The first-order valence-electron chi connectivity index (χ1n) is 9.19. The highest BCUT2D eigenvalue weighted by Gasteiger charge is 2.33. The second-order valence-corrected chi connectivity index (χ2v) is 7.19. The topological polar surface area (TPSA) is 50.8 Å². The first-order valence-corrected chi connectivity index (χ1v) is 9.19. The van der Waals surface area contributed by atoms with Crippen LogP contribution in [0.3, 0.4) is 0 Å². The van der Waals surface area contributed by atoms with E-state index < -0.39 is 0 Å². The van der Waals surface area contributed by atoms with Gasteiger partial charge in [0.05, 0.1) is 6.54 Å². The average Bonchev–Trinajstić information content (AvgIpc) is 3.08. The number of benzene rings is 1. The molecule has 1 aromatic rings. The molecule has 2 aliphatic heterocycles. The summed E-state index contributed by atoms with van der Waals surface area (Å²) >= 11 is 0. The molecule has 1 amide bonds. The van der Waals surface area contributed by atoms with Crippen LogP contribution in [0.25, 0.3) is 0 Å². The standard InChI is InChI=1S/C19H26N2O3/c22-19(12-21-9-3-5-15-4-1-2-6-16(15)21)20-11-14-7-8-17-18(10-14)24-13-23-17/h7-8,10,15-16H,1-6,9,11-13H2,(H,20,22)/t15-,16+/m1/s1. The molecule has 1 aliphatic carbocycles. The summed E-state index contributed by atoms with van der Waals surface area (Å²) in [6.07, 6.45) is 7.87. The van der Waals surface area contributed by atoms with E-state index >= 15 is 0 Å². The van der Waals surface area contributed by atoms with E-state index in [9.17, 15) is 4.79 Å². The molecule has 5 nitrogen and oxygen atoms in total. The molecule has 0 bridgehead atoms. The average molecular weight is 330 g/mol. The number of carbonyl (C=O) groups is 1. The highest BCUT2D eigenvalue weighted by atomic mass is 16.7. The molecular weight excluding hydrogens is 304 g/mol. The van der Waals surface area contributed by atoms with Gasteiger partial charge in [-0.05, 0) is 55.8 Å². The summed E-state index contributed by atoms with van der Waals surface area (Å²) < 4.78 is 10.7. The van der Waals surface area contributed by atoms with E-state index in [0.717, 1.165) is 29.5 Å². The van der Waals surface area contributed by atoms with Crippen LogP contribution in [0.1, 0.15) is 44.1 Å². The lowest BCUT2D eigenvalue weighted by Gasteiger charge is -2.43. The van der Waals surface area contributed by atoms with Crippen LogP contribution in [0.15, 0.2) is 18.2 Å². The lowest BCUT2D eigenvalue weighted by atomic mass is 9.78. The number of amides is 1. The molecule has 1 saturated carbocycles. The summed E-state index contributed by atoms with van der Waals surface area (Å²) in [5.74, 6) is 2.48. The Bertz CT molecular complexity index is 602. The van der Waals surface area contributed by atoms with E-state index in [1.165, 1.54) is 38.5 Å². The number of hydrogen-bond donors (Lipinski definition) is 1. The molecule has 2 heterocycles. The summed E-state index contributed by atoms with van der Waals surface area (Å²) in [7, 11) is 0. The zero-order chi connectivity index (χ0) is 16.4. The Labute approximate surface area is 143 Å². The maximum atomic E-state index is 12.4. The summed E-state index contributed by atoms with van der Waals surface area (Å²) in [6.45, 7) is 2.42. The summed E-state index contributed by atoms with van der Waals surface area (Å²) in [4.78, 5) is 14.8. The third-order valence-corrected chi connectivity index (χ3v) is 5.63. The Hall–Kier alpha value is -1.75. The van der Waals surface area contributed by atoms with Crippen molar-refractivity contribution in [3.63, 3.8) is 0 Å². The third-order valence-electron chi connectivity index (χ3n) is 5.63. The first-order chi connectivity index (χ1) is 11.8. The van der Waals surface area contributed by atoms with Crippen molar-refractivity contribution in [3.8, 4) is 11.5 Å². The number of likely N-dealkylation sites (tertiary alicyclic amines) is 1. The van der Waals surface area contributed by atoms with Gasteiger partial charge in [0.25, 0.3) is 0 Å². The molecule has 3 aliphatic rings. The van der Waals surface area contributed by atoms with Crippen LogP contribution in [-0.2, 0) is 11.3 Å². The van der Waals surface area contributed by atoms with Crippen molar-refractivity contribution < 1.29 is 14.3 Å². The van der Waals surface area contributed by atoms with Crippen LogP contribution >= 0.6 is 0 Å². The number of nitrogens with one attached hydrogen (secondary N) is 1. The fourth-order valence-corrected chi connectivity index (χ4v) is 4.42. The highest BCUT2D eigenvalue weighted by molar-refractivity contribution is 5.78. The first kappa shape index (κ1) is 15.8. The molecule has 2 atom stereocenters. The van der Waals surface area contributed by atoms with E-state index in [0.29, 0.717) is 19.1 Å². The van der Waals surface area contributed by atoms with Crippen molar-refractivity contribution >= 4 is 5.91 Å². The SMILES string of the molecule is O=C(CN1CCC[C@H]2CCCC[C@@H]21)NCc1ccc2c(c1)OCO2. The van der Waals surface area contributed by atoms with Crippen molar-refractivity contribution in [3.05, 3.63) is 23.8 Å². The normalized spacial score (nSPS) is 26.0. The Morgan fingerprint density at radius 2 is 1.96 bits per heavy atom. The van der Waals surface area contributed by atoms with Gasteiger partial charge in [0.15, 0.2) is 11.5 Å². The third kappa shape index (κ3) is 3.36. The molecule has 0 unspecified atom stereocenters. The molecule has 0 aromatic heterocycles. The molecule has 1 N–H and O–H groups in total. The van der Waals surface area contributed by atoms with E-state index in [4.69, 9.17) is 9.47 Å². The smallest absolute Gasteiger partial charge is 0.234 e. The van der Waals surface area contributed by atoms with E-state index in [-0.39, 0.29) is 12.7 Å². The second-order valence-electron chi connectivity index (χ2n) is 7.19. The van der Waals surface area contributed by atoms with Crippen molar-refractivity contribution in [1.29, 1.82) is 0 Å². The van der Waals surface area contributed by atoms with Crippen molar-refractivity contribution in [1.82, 2.24) is 10.2 Å². The Morgan fingerprint density at radius 3 is 2.92 bits per heavy atom. The molecule has 130 valence electrons. The molecule has 0 spiro atoms. The molecule has 1 saturated heterocycles. The highest BCUT2D eigenvalue weighted by Crippen LogP contribution is 2.35. The number of nitrogens with zero attached hydrogens (tertiary/aromatic N) is 1. The zero-order valence-corrected chi connectivity index (χ0v) is 14.1. The fourth-order valence-electron chi connectivity index (χ4n) is 4.42. The molecule has 4 rings (SSSR count). The predicted octanol–water partition coefficient (Wildman–Crippen LogP) is 2.69. The minimum Gasteiger partial charge on any atom is -0.454 e. The van der Waals surface area contributed by atoms with Crippen molar-refractivity contribution in [2.24, 2.45) is 5.92 Å². The van der Waals surface area contributed by atoms with Gasteiger partial charge in [0, 0.05) is 12.6 Å². The van der Waals surface area contributed by atoms with Gasteiger partial charge in [-0.1, -0.05) is 18.9 Å². The number of carbonyl (C=O) groups excluding carboxylic acids is 1. The van der Waals surface area contributed by atoms with E-state index in [2.05, 4.69) is 10.2 Å². The van der Waals surface area contributed by atoms with Crippen LogP contribution in [0, 0.1) is 5.92 Å². The van der Waals surface area contributed by atoms with Gasteiger partial charge in [-0.2, -0.15) is 0 Å². The summed E-state index contributed by atoms with van der Waals surface area (Å²) in [5, 5.41) is 3.06. The Kier molecular flexibility index (Phi) is 4.60. The van der Waals surface area contributed by atoms with Gasteiger partial charge in [-0.15, -0.1) is 0 Å². The number of piperidine rings is 1. The largest absolute Gasteiger partial charge is 0.454 e. The summed E-state index contributed by atoms with van der Waals surface area (Å²) in [6, 6.07) is 6.46. The minimum absolute atomic E-state index is 0.124. The van der Waals surface area contributed by atoms with Crippen LogP contribution in [0.4, 0.5) is 0 Å². The predicted molar refractivity (Wildman–Crippen MR) is 91.0 cm³/mol. The number of hydrogen-bond acceptors (Lipinski definition) is 4. The monoisotopic (exact) mass is 330 g/mol. The lowest BCUT2D eigenvalue weighted by molar-refractivity contribution is -0.124. The second kappa shape index (κ2) is 7.01. The molecule has 1 aromatic carbocycles. The summed E-state index contributed by atoms with van der Waals surface area (Å²) in [5.41, 5.74) is 1.04. The maximum Gasteiger partial charge on any atom is 0.234 e. The van der Waals surface area contributed by atoms with Gasteiger partial charge >= 0.3 is 0 Å². The van der Waals surface area contributed by atoms with Crippen LogP contribution in [-0.4, -0.2) is 36.7 Å². The molecule has 2 fully saturated rings. The van der Waals surface area contributed by atoms with E-state index in [1.54, 1.807) is 0 Å². The van der Waals surface area contributed by atoms with Gasteiger partial charge < -0.3 is 14.8 Å². The van der Waals surface area contributed by atoms with Crippen molar-refractivity contribution in [2.75, 3.05) is 19.9 Å². The Morgan fingerprint density at radius 1 is 1.12 bits per heavy atom. The minimum atomic E-state index is 0.124. The molecular formula is C19H26N2O3. The van der Waals surface area contributed by atoms with Crippen LogP contribution < -0.4 is 14.8 Å². The number of fused-ring (bicyclic) bond motifs is 2. The number of ether oxygens (including phenoxy) is 2. The van der Waals surface area contributed by atoms with Crippen LogP contribution in [0.5, 0.6) is 11.5 Å². The van der Waals surface area contributed by atoms with Crippen LogP contribution in [0.2, 0.25) is 0 Å². The molecule has 24 heavy (non-hydrogen) atoms. The quantitative estimate of drug-likeness (QED) is 0.922. The van der Waals surface area contributed by atoms with Crippen molar-refractivity contribution in [2.45, 2.75) is 51.1 Å².